The third-order valence-electron chi connectivity index (χ3n) is 3.51. The zero-order valence-corrected chi connectivity index (χ0v) is 12.9. The maximum absolute atomic E-state index is 5.93. The molecule has 0 saturated heterocycles. The zero-order chi connectivity index (χ0) is 14.8. The van der Waals surface area contributed by atoms with Crippen molar-refractivity contribution >= 4 is 22.6 Å². The zero-order valence-electron chi connectivity index (χ0n) is 12.1. The standard InChI is InChI=1S/C17H17ClN2O/c1-12-6-7-15-16(10-12)20(17(19-15)8-9-18)13-4-3-5-14(11-13)21-2/h3-7,10-11H,8-9H2,1-2H3. The fourth-order valence-corrected chi connectivity index (χ4v) is 2.69. The molecule has 0 spiro atoms. The predicted molar refractivity (Wildman–Crippen MR) is 86.8 cm³/mol. The van der Waals surface area contributed by atoms with E-state index in [9.17, 15) is 0 Å². The molecule has 2 aromatic carbocycles. The van der Waals surface area contributed by atoms with E-state index in [1.807, 2.05) is 18.2 Å². The summed E-state index contributed by atoms with van der Waals surface area (Å²) in [5.41, 5.74) is 4.35. The van der Waals surface area contributed by atoms with Gasteiger partial charge in [0.25, 0.3) is 0 Å². The Morgan fingerprint density at radius 3 is 2.81 bits per heavy atom. The highest BCUT2D eigenvalue weighted by molar-refractivity contribution is 6.17. The molecule has 0 aliphatic rings. The first-order chi connectivity index (χ1) is 10.2. The molecule has 1 heterocycles. The lowest BCUT2D eigenvalue weighted by atomic mass is 10.2. The van der Waals surface area contributed by atoms with Crippen molar-refractivity contribution in [2.45, 2.75) is 13.3 Å². The summed E-state index contributed by atoms with van der Waals surface area (Å²) in [6, 6.07) is 14.3. The van der Waals surface area contributed by atoms with Gasteiger partial charge >= 0.3 is 0 Å². The van der Waals surface area contributed by atoms with E-state index < -0.39 is 0 Å². The number of hydrogen-bond donors (Lipinski definition) is 0. The predicted octanol–water partition coefficient (Wildman–Crippen LogP) is 4.12. The van der Waals surface area contributed by atoms with E-state index in [2.05, 4.69) is 35.8 Å². The molecule has 3 nitrogen and oxygen atoms in total. The molecule has 4 heteroatoms. The van der Waals surface area contributed by atoms with Crippen LogP contribution in [-0.4, -0.2) is 22.5 Å². The highest BCUT2D eigenvalue weighted by Crippen LogP contribution is 2.25. The van der Waals surface area contributed by atoms with E-state index in [1.165, 1.54) is 5.56 Å². The fraction of sp³-hybridized carbons (Fsp3) is 0.235. The summed E-state index contributed by atoms with van der Waals surface area (Å²) in [4.78, 5) is 4.71. The third kappa shape index (κ3) is 2.61. The SMILES string of the molecule is COc1cccc(-n2c(CCCl)nc3ccc(C)cc32)c1. The second-order valence-electron chi connectivity index (χ2n) is 5.00. The molecule has 0 fully saturated rings. The smallest absolute Gasteiger partial charge is 0.120 e. The maximum Gasteiger partial charge on any atom is 0.120 e. The number of fused-ring (bicyclic) bond motifs is 1. The van der Waals surface area contributed by atoms with E-state index in [4.69, 9.17) is 21.3 Å². The summed E-state index contributed by atoms with van der Waals surface area (Å²) >= 11 is 5.93. The number of nitrogens with zero attached hydrogens (tertiary/aromatic N) is 2. The van der Waals surface area contributed by atoms with Gasteiger partial charge in [0.05, 0.1) is 23.8 Å². The molecule has 0 N–H and O–H groups in total. The first-order valence-corrected chi connectivity index (χ1v) is 7.45. The van der Waals surface area contributed by atoms with Crippen molar-refractivity contribution in [3.8, 4) is 11.4 Å². The molecule has 0 amide bonds. The summed E-state index contributed by atoms with van der Waals surface area (Å²) in [6.07, 6.45) is 0.729. The molecule has 0 atom stereocenters. The first-order valence-electron chi connectivity index (χ1n) is 6.91. The van der Waals surface area contributed by atoms with Crippen molar-refractivity contribution < 1.29 is 4.74 Å². The topological polar surface area (TPSA) is 27.1 Å². The molecule has 21 heavy (non-hydrogen) atoms. The minimum absolute atomic E-state index is 0.548. The number of aryl methyl sites for hydroxylation is 2. The number of hydrogen-bond acceptors (Lipinski definition) is 2. The van der Waals surface area contributed by atoms with Crippen molar-refractivity contribution in [1.82, 2.24) is 9.55 Å². The Morgan fingerprint density at radius 2 is 2.05 bits per heavy atom. The van der Waals surface area contributed by atoms with Crippen LogP contribution in [0.2, 0.25) is 0 Å². The monoisotopic (exact) mass is 300 g/mol. The second-order valence-corrected chi connectivity index (χ2v) is 5.37. The van der Waals surface area contributed by atoms with E-state index in [0.717, 1.165) is 34.7 Å². The molecule has 3 rings (SSSR count). The minimum atomic E-state index is 0.548. The van der Waals surface area contributed by atoms with Crippen LogP contribution in [0.3, 0.4) is 0 Å². The van der Waals surface area contributed by atoms with Crippen LogP contribution >= 0.6 is 11.6 Å². The molecule has 0 bridgehead atoms. The Bertz CT molecular complexity index is 780. The Labute approximate surface area is 129 Å². The summed E-state index contributed by atoms with van der Waals surface area (Å²) in [7, 11) is 1.68. The highest BCUT2D eigenvalue weighted by atomic mass is 35.5. The molecular formula is C17H17ClN2O. The number of ether oxygens (including phenoxy) is 1. The number of rotatable bonds is 4. The maximum atomic E-state index is 5.93. The number of alkyl halides is 1. The molecular weight excluding hydrogens is 284 g/mol. The van der Waals surface area contributed by atoms with Crippen molar-refractivity contribution in [3.05, 3.63) is 53.9 Å². The van der Waals surface area contributed by atoms with Crippen molar-refractivity contribution in [2.75, 3.05) is 13.0 Å². The average molecular weight is 301 g/mol. The Hall–Kier alpha value is -2.00. The Morgan fingerprint density at radius 1 is 1.19 bits per heavy atom. The molecule has 0 aliphatic heterocycles. The highest BCUT2D eigenvalue weighted by Gasteiger charge is 2.12. The lowest BCUT2D eigenvalue weighted by Gasteiger charge is -2.10. The van der Waals surface area contributed by atoms with Crippen LogP contribution in [-0.2, 0) is 6.42 Å². The van der Waals surface area contributed by atoms with Gasteiger partial charge < -0.3 is 4.74 Å². The van der Waals surface area contributed by atoms with E-state index in [1.54, 1.807) is 7.11 Å². The Kier molecular flexibility index (Phi) is 3.84. The summed E-state index contributed by atoms with van der Waals surface area (Å²) < 4.78 is 7.49. The molecule has 0 aliphatic carbocycles. The number of aromatic nitrogens is 2. The van der Waals surface area contributed by atoms with Gasteiger partial charge in [0, 0.05) is 18.4 Å². The largest absolute Gasteiger partial charge is 0.497 e. The second kappa shape index (κ2) is 5.78. The quantitative estimate of drug-likeness (QED) is 0.678. The molecule has 1 aromatic heterocycles. The number of halogens is 1. The number of benzene rings is 2. The number of methoxy groups -OCH3 is 1. The van der Waals surface area contributed by atoms with Crippen LogP contribution in [0.15, 0.2) is 42.5 Å². The van der Waals surface area contributed by atoms with Gasteiger partial charge in [-0.05, 0) is 36.8 Å². The van der Waals surface area contributed by atoms with Gasteiger partial charge in [-0.2, -0.15) is 0 Å². The van der Waals surface area contributed by atoms with Crippen LogP contribution in [0.5, 0.6) is 5.75 Å². The Balaban J connectivity index is 2.26. The van der Waals surface area contributed by atoms with Crippen LogP contribution in [0, 0.1) is 6.92 Å². The molecule has 0 saturated carbocycles. The van der Waals surface area contributed by atoms with Crippen LogP contribution in [0.25, 0.3) is 16.7 Å². The van der Waals surface area contributed by atoms with E-state index >= 15 is 0 Å². The number of imidazole rings is 1. The molecule has 3 aromatic rings. The lowest BCUT2D eigenvalue weighted by molar-refractivity contribution is 0.414. The van der Waals surface area contributed by atoms with E-state index in [-0.39, 0.29) is 0 Å². The molecule has 0 radical (unpaired) electrons. The van der Waals surface area contributed by atoms with Crippen LogP contribution in [0.1, 0.15) is 11.4 Å². The van der Waals surface area contributed by atoms with Gasteiger partial charge in [-0.3, -0.25) is 4.57 Å². The van der Waals surface area contributed by atoms with Gasteiger partial charge in [-0.15, -0.1) is 11.6 Å². The van der Waals surface area contributed by atoms with Gasteiger partial charge in [0.1, 0.15) is 11.6 Å². The van der Waals surface area contributed by atoms with Crippen molar-refractivity contribution in [3.63, 3.8) is 0 Å². The van der Waals surface area contributed by atoms with E-state index in [0.29, 0.717) is 5.88 Å². The average Bonchev–Trinajstić information content (AvgIpc) is 2.85. The first kappa shape index (κ1) is 14.0. The summed E-state index contributed by atoms with van der Waals surface area (Å²) in [5.74, 6) is 2.35. The molecule has 108 valence electrons. The van der Waals surface area contributed by atoms with Crippen LogP contribution in [0.4, 0.5) is 0 Å². The van der Waals surface area contributed by atoms with Gasteiger partial charge in [-0.1, -0.05) is 12.1 Å². The van der Waals surface area contributed by atoms with Gasteiger partial charge in [-0.25, -0.2) is 4.98 Å². The van der Waals surface area contributed by atoms with Crippen molar-refractivity contribution in [2.24, 2.45) is 0 Å². The van der Waals surface area contributed by atoms with Gasteiger partial charge in [0.15, 0.2) is 0 Å². The molecule has 0 unspecified atom stereocenters. The van der Waals surface area contributed by atoms with Crippen LogP contribution < -0.4 is 4.74 Å². The summed E-state index contributed by atoms with van der Waals surface area (Å²) in [5, 5.41) is 0. The third-order valence-corrected chi connectivity index (χ3v) is 3.70. The normalized spacial score (nSPS) is 11.0. The van der Waals surface area contributed by atoms with Crippen molar-refractivity contribution in [1.29, 1.82) is 0 Å². The fourth-order valence-electron chi connectivity index (χ4n) is 2.53. The lowest BCUT2D eigenvalue weighted by Crippen LogP contribution is -2.02. The minimum Gasteiger partial charge on any atom is -0.497 e. The van der Waals surface area contributed by atoms with Gasteiger partial charge in [0.2, 0.25) is 0 Å². The summed E-state index contributed by atoms with van der Waals surface area (Å²) in [6.45, 7) is 2.09.